The number of nitrogens with zero attached hydrogens (tertiary/aromatic N) is 4. The summed E-state index contributed by atoms with van der Waals surface area (Å²) in [6.45, 7) is 10.7. The van der Waals surface area contributed by atoms with Gasteiger partial charge in [-0.3, -0.25) is 4.68 Å². The monoisotopic (exact) mass is 225 g/mol. The number of aromatic nitrogens is 3. The summed E-state index contributed by atoms with van der Waals surface area (Å²) in [5.41, 5.74) is 0.994. The molecule has 16 heavy (non-hydrogen) atoms. The van der Waals surface area contributed by atoms with Crippen LogP contribution in [0.3, 0.4) is 0 Å². The predicted molar refractivity (Wildman–Crippen MR) is 65.1 cm³/mol. The first-order valence-electron chi connectivity index (χ1n) is 5.96. The van der Waals surface area contributed by atoms with Gasteiger partial charge in [0.2, 0.25) is 0 Å². The molecule has 5 nitrogen and oxygen atoms in total. The van der Waals surface area contributed by atoms with E-state index < -0.39 is 0 Å². The average Bonchev–Trinajstić information content (AvgIpc) is 2.69. The van der Waals surface area contributed by atoms with Crippen molar-refractivity contribution in [2.24, 2.45) is 7.05 Å². The van der Waals surface area contributed by atoms with Crippen LogP contribution < -0.4 is 5.32 Å². The predicted octanol–water partition coefficient (Wildman–Crippen LogP) is 0.635. The molecule has 0 saturated heterocycles. The van der Waals surface area contributed by atoms with E-state index in [2.05, 4.69) is 41.3 Å². The van der Waals surface area contributed by atoms with Crippen LogP contribution in [-0.4, -0.2) is 45.6 Å². The molecule has 1 aromatic rings. The summed E-state index contributed by atoms with van der Waals surface area (Å²) in [5.74, 6) is 0. The second kappa shape index (κ2) is 6.60. The lowest BCUT2D eigenvalue weighted by Gasteiger charge is -2.23. The summed E-state index contributed by atoms with van der Waals surface area (Å²) in [5, 5.41) is 11.4. The maximum absolute atomic E-state index is 4.04. The van der Waals surface area contributed by atoms with Crippen LogP contribution in [0.4, 0.5) is 0 Å². The van der Waals surface area contributed by atoms with Gasteiger partial charge >= 0.3 is 0 Å². The first-order chi connectivity index (χ1) is 7.65. The van der Waals surface area contributed by atoms with E-state index in [1.165, 1.54) is 0 Å². The van der Waals surface area contributed by atoms with E-state index in [1.807, 2.05) is 13.2 Å². The number of aryl methyl sites for hydroxylation is 1. The molecule has 0 radical (unpaired) electrons. The van der Waals surface area contributed by atoms with E-state index in [4.69, 9.17) is 0 Å². The lowest BCUT2D eigenvalue weighted by Crippen LogP contribution is -2.38. The van der Waals surface area contributed by atoms with Crippen molar-refractivity contribution in [2.45, 2.75) is 33.4 Å². The molecule has 0 aliphatic heterocycles. The molecule has 92 valence electrons. The summed E-state index contributed by atoms with van der Waals surface area (Å²) in [4.78, 5) is 2.41. The van der Waals surface area contributed by atoms with Crippen molar-refractivity contribution in [3.05, 3.63) is 11.9 Å². The topological polar surface area (TPSA) is 46.0 Å². The number of nitrogens with one attached hydrogen (secondary N) is 1. The van der Waals surface area contributed by atoms with Gasteiger partial charge in [-0.15, -0.1) is 5.10 Å². The van der Waals surface area contributed by atoms with Crippen molar-refractivity contribution in [1.29, 1.82) is 0 Å². The van der Waals surface area contributed by atoms with Gasteiger partial charge in [0.15, 0.2) is 0 Å². The zero-order chi connectivity index (χ0) is 12.0. The number of hydrogen-bond donors (Lipinski definition) is 1. The van der Waals surface area contributed by atoms with Crippen LogP contribution in [0, 0.1) is 0 Å². The molecule has 1 atom stereocenters. The second-order valence-corrected chi connectivity index (χ2v) is 4.15. The summed E-state index contributed by atoms with van der Waals surface area (Å²) in [7, 11) is 1.88. The lowest BCUT2D eigenvalue weighted by molar-refractivity contribution is 0.270. The molecule has 0 aromatic carbocycles. The SMILES string of the molecule is CCN(CC)CC(C)NCc1cn(C)nn1. The summed E-state index contributed by atoms with van der Waals surface area (Å²) in [6, 6.07) is 0.474. The largest absolute Gasteiger partial charge is 0.307 e. The fourth-order valence-electron chi connectivity index (χ4n) is 1.69. The standard InChI is InChI=1S/C11H23N5/c1-5-16(6-2)8-10(3)12-7-11-9-15(4)14-13-11/h9-10,12H,5-8H2,1-4H3. The molecule has 1 aromatic heterocycles. The van der Waals surface area contributed by atoms with Crippen LogP contribution >= 0.6 is 0 Å². The summed E-state index contributed by atoms with van der Waals surface area (Å²) in [6.07, 6.45) is 1.94. The molecule has 0 spiro atoms. The Morgan fingerprint density at radius 3 is 2.62 bits per heavy atom. The number of rotatable bonds is 7. The number of likely N-dealkylation sites (N-methyl/N-ethyl adjacent to an activating group) is 1. The Morgan fingerprint density at radius 2 is 2.12 bits per heavy atom. The van der Waals surface area contributed by atoms with Crippen LogP contribution in [0.1, 0.15) is 26.5 Å². The minimum Gasteiger partial charge on any atom is -0.307 e. The molecule has 1 N–H and O–H groups in total. The van der Waals surface area contributed by atoms with E-state index in [0.29, 0.717) is 6.04 Å². The Kier molecular flexibility index (Phi) is 5.42. The zero-order valence-electron chi connectivity index (χ0n) is 10.8. The van der Waals surface area contributed by atoms with E-state index in [1.54, 1.807) is 4.68 Å². The van der Waals surface area contributed by atoms with E-state index in [-0.39, 0.29) is 0 Å². The minimum absolute atomic E-state index is 0.474. The molecule has 5 heteroatoms. The molecule has 0 aliphatic rings. The second-order valence-electron chi connectivity index (χ2n) is 4.15. The third kappa shape index (κ3) is 4.28. The van der Waals surface area contributed by atoms with Gasteiger partial charge in [0.1, 0.15) is 0 Å². The maximum atomic E-state index is 4.04. The third-order valence-corrected chi connectivity index (χ3v) is 2.71. The van der Waals surface area contributed by atoms with Gasteiger partial charge in [-0.05, 0) is 20.0 Å². The molecule has 0 saturated carbocycles. The molecule has 1 unspecified atom stereocenters. The van der Waals surface area contributed by atoms with Gasteiger partial charge in [0.05, 0.1) is 5.69 Å². The fourth-order valence-corrected chi connectivity index (χ4v) is 1.69. The highest BCUT2D eigenvalue weighted by Crippen LogP contribution is 1.95. The van der Waals surface area contributed by atoms with Crippen LogP contribution in [0.25, 0.3) is 0 Å². The van der Waals surface area contributed by atoms with Crippen molar-refractivity contribution in [1.82, 2.24) is 25.2 Å². The van der Waals surface area contributed by atoms with E-state index in [0.717, 1.165) is 31.9 Å². The fraction of sp³-hybridized carbons (Fsp3) is 0.818. The highest BCUT2D eigenvalue weighted by molar-refractivity contribution is 4.91. The molecular weight excluding hydrogens is 202 g/mol. The van der Waals surface area contributed by atoms with Crippen molar-refractivity contribution in [2.75, 3.05) is 19.6 Å². The maximum Gasteiger partial charge on any atom is 0.0964 e. The molecule has 0 fully saturated rings. The molecule has 1 heterocycles. The number of hydrogen-bond acceptors (Lipinski definition) is 4. The van der Waals surface area contributed by atoms with E-state index >= 15 is 0 Å². The normalized spacial score (nSPS) is 13.3. The van der Waals surface area contributed by atoms with E-state index in [9.17, 15) is 0 Å². The van der Waals surface area contributed by atoms with Gasteiger partial charge in [0, 0.05) is 32.4 Å². The van der Waals surface area contributed by atoms with Gasteiger partial charge in [-0.2, -0.15) is 0 Å². The zero-order valence-corrected chi connectivity index (χ0v) is 10.8. The van der Waals surface area contributed by atoms with Gasteiger partial charge in [-0.1, -0.05) is 19.1 Å². The highest BCUT2D eigenvalue weighted by Gasteiger charge is 2.07. The Hall–Kier alpha value is -0.940. The molecular formula is C11H23N5. The van der Waals surface area contributed by atoms with Crippen molar-refractivity contribution < 1.29 is 0 Å². The molecule has 1 rings (SSSR count). The van der Waals surface area contributed by atoms with Gasteiger partial charge in [0.25, 0.3) is 0 Å². The van der Waals surface area contributed by atoms with Crippen molar-refractivity contribution in [3.63, 3.8) is 0 Å². The molecule has 0 aliphatic carbocycles. The summed E-state index contributed by atoms with van der Waals surface area (Å²) >= 11 is 0. The third-order valence-electron chi connectivity index (χ3n) is 2.71. The lowest BCUT2D eigenvalue weighted by atomic mass is 10.3. The van der Waals surface area contributed by atoms with Crippen molar-refractivity contribution in [3.8, 4) is 0 Å². The Balaban J connectivity index is 2.26. The van der Waals surface area contributed by atoms with Gasteiger partial charge < -0.3 is 10.2 Å². The quantitative estimate of drug-likeness (QED) is 0.739. The average molecular weight is 225 g/mol. The molecule has 0 bridgehead atoms. The Labute approximate surface area is 97.8 Å². The van der Waals surface area contributed by atoms with Crippen LogP contribution in [0.2, 0.25) is 0 Å². The molecule has 0 amide bonds. The first-order valence-corrected chi connectivity index (χ1v) is 5.96. The smallest absolute Gasteiger partial charge is 0.0964 e. The van der Waals surface area contributed by atoms with Gasteiger partial charge in [-0.25, -0.2) is 0 Å². The first kappa shape index (κ1) is 13.1. The summed E-state index contributed by atoms with van der Waals surface area (Å²) < 4.78 is 1.73. The van der Waals surface area contributed by atoms with Crippen LogP contribution in [0.5, 0.6) is 0 Å². The Morgan fingerprint density at radius 1 is 1.44 bits per heavy atom. The minimum atomic E-state index is 0.474. The van der Waals surface area contributed by atoms with Crippen LogP contribution in [0.15, 0.2) is 6.20 Å². The van der Waals surface area contributed by atoms with Crippen LogP contribution in [-0.2, 0) is 13.6 Å². The van der Waals surface area contributed by atoms with Crippen molar-refractivity contribution >= 4 is 0 Å². The Bertz CT molecular complexity index is 292. The highest BCUT2D eigenvalue weighted by atomic mass is 15.4.